The van der Waals surface area contributed by atoms with Crippen LogP contribution in [0.1, 0.15) is 42.0 Å². The number of methoxy groups -OCH3 is 2. The summed E-state index contributed by atoms with van der Waals surface area (Å²) in [5.74, 6) is 3.98. The first kappa shape index (κ1) is 40.2. The Kier molecular flexibility index (Phi) is 13.2. The molecule has 5 aromatic rings. The number of hydrogen-bond donors (Lipinski definition) is 0. The van der Waals surface area contributed by atoms with Crippen LogP contribution in [0.15, 0.2) is 92.2 Å². The molecular weight excluding hydrogens is 774 g/mol. The largest absolute Gasteiger partial charge is 1.00 e. The highest BCUT2D eigenvalue weighted by Crippen LogP contribution is 2.44. The van der Waals surface area contributed by atoms with Gasteiger partial charge in [-0.1, -0.05) is 31.2 Å². The van der Waals surface area contributed by atoms with Gasteiger partial charge in [0, 0.05) is 29.4 Å². The van der Waals surface area contributed by atoms with Crippen molar-refractivity contribution in [3.8, 4) is 56.9 Å². The molecular formula is C46H48BrNO8. The molecule has 9 nitrogen and oxygen atoms in total. The van der Waals surface area contributed by atoms with Crippen molar-refractivity contribution in [2.24, 2.45) is 0 Å². The molecule has 0 fully saturated rings. The van der Waals surface area contributed by atoms with Crippen LogP contribution in [0.2, 0.25) is 0 Å². The molecule has 0 atom stereocenters. The molecule has 0 radical (unpaired) electrons. The standard InChI is InChI=1S/C46H48NO8.BrH/c1-6-10-30-12-15-40(35(23-30)31-13-16-39(51-20-8-3)33(24-31)11-7-2)52-21-9-22-53-44(48)27-37-34-14-17-41(49-4)46(50-5)38(34)28-47-19-18-32-25-42-43(55-29-54-42)26-36(32)45(37)47;/h6-7,12-17,23-26,28H,1-2,8-11,18-22,27,29H2,3-5H3;1H/q+1;/p-1. The highest BCUT2D eigenvalue weighted by atomic mass is 79.9. The average Bonchev–Trinajstić information content (AvgIpc) is 3.66. The Morgan fingerprint density at radius 1 is 0.821 bits per heavy atom. The molecule has 0 bridgehead atoms. The predicted molar refractivity (Wildman–Crippen MR) is 213 cm³/mol. The number of nitrogens with zero attached hydrogens (tertiary/aromatic N) is 1. The topological polar surface area (TPSA) is 85.6 Å². The van der Waals surface area contributed by atoms with Crippen molar-refractivity contribution in [1.82, 2.24) is 0 Å². The SMILES string of the molecule is C=CCc1ccc(OCCCOC(=O)Cc2c3[n+](cc4c(OC)c(OC)ccc24)CCc2cc4c(cc2-3)OCO4)c(-c2ccc(OCCC)c(CC=C)c2)c1.[Br-]. The van der Waals surface area contributed by atoms with Gasteiger partial charge in [0.25, 0.3) is 0 Å². The fourth-order valence-corrected chi connectivity index (χ4v) is 7.45. The summed E-state index contributed by atoms with van der Waals surface area (Å²) in [6.07, 6.45) is 9.63. The second kappa shape index (κ2) is 18.4. The number of aryl methyl sites for hydroxylation is 2. The first-order valence-corrected chi connectivity index (χ1v) is 18.9. The normalized spacial score (nSPS) is 12.2. The molecule has 4 aromatic carbocycles. The number of carbonyl (C=O) groups excluding carboxylic acids is 1. The molecule has 7 rings (SSSR count). The van der Waals surface area contributed by atoms with Crippen LogP contribution in [0, 0.1) is 0 Å². The fourth-order valence-electron chi connectivity index (χ4n) is 7.45. The number of carbonyl (C=O) groups is 1. The van der Waals surface area contributed by atoms with Crippen LogP contribution in [-0.4, -0.2) is 46.8 Å². The van der Waals surface area contributed by atoms with Crippen molar-refractivity contribution in [3.05, 3.63) is 114 Å². The molecule has 0 spiro atoms. The van der Waals surface area contributed by atoms with Gasteiger partial charge in [-0.2, -0.15) is 4.57 Å². The van der Waals surface area contributed by atoms with Gasteiger partial charge in [0.2, 0.25) is 12.5 Å². The fraction of sp³-hybridized carbons (Fsp3) is 0.304. The number of hydrogen-bond acceptors (Lipinski definition) is 8. The molecule has 0 amide bonds. The van der Waals surface area contributed by atoms with Gasteiger partial charge in [0.15, 0.2) is 35.7 Å². The molecule has 0 N–H and O–H groups in total. The van der Waals surface area contributed by atoms with E-state index in [9.17, 15) is 4.79 Å². The summed E-state index contributed by atoms with van der Waals surface area (Å²) < 4.78 is 43.3. The van der Waals surface area contributed by atoms with Crippen LogP contribution in [-0.2, 0) is 41.8 Å². The van der Waals surface area contributed by atoms with Gasteiger partial charge in [-0.15, -0.1) is 13.2 Å². The maximum atomic E-state index is 13.7. The number of benzene rings is 4. The van der Waals surface area contributed by atoms with Crippen molar-refractivity contribution < 1.29 is 59.5 Å². The number of fused-ring (bicyclic) bond motifs is 5. The highest BCUT2D eigenvalue weighted by Gasteiger charge is 2.33. The minimum absolute atomic E-state index is 0. The van der Waals surface area contributed by atoms with Crippen molar-refractivity contribution in [3.63, 3.8) is 0 Å². The van der Waals surface area contributed by atoms with E-state index in [4.69, 9.17) is 33.2 Å². The zero-order valence-electron chi connectivity index (χ0n) is 32.3. The minimum Gasteiger partial charge on any atom is -1.00 e. The summed E-state index contributed by atoms with van der Waals surface area (Å²) in [4.78, 5) is 13.7. The van der Waals surface area contributed by atoms with Crippen molar-refractivity contribution >= 4 is 16.7 Å². The third-order valence-corrected chi connectivity index (χ3v) is 9.99. The first-order valence-electron chi connectivity index (χ1n) is 18.9. The number of pyridine rings is 1. The smallest absolute Gasteiger partial charge is 0.310 e. The van der Waals surface area contributed by atoms with E-state index < -0.39 is 0 Å². The number of allylic oxidation sites excluding steroid dienone is 2. The lowest BCUT2D eigenvalue weighted by Crippen LogP contribution is -3.00. The third-order valence-electron chi connectivity index (χ3n) is 9.99. The van der Waals surface area contributed by atoms with Crippen LogP contribution >= 0.6 is 0 Å². The van der Waals surface area contributed by atoms with E-state index >= 15 is 0 Å². The molecule has 10 heteroatoms. The second-order valence-corrected chi connectivity index (χ2v) is 13.6. The van der Waals surface area contributed by atoms with E-state index in [-0.39, 0.29) is 42.8 Å². The highest BCUT2D eigenvalue weighted by molar-refractivity contribution is 5.97. The molecule has 0 saturated heterocycles. The quantitative estimate of drug-likeness (QED) is 0.0522. The van der Waals surface area contributed by atoms with Crippen LogP contribution in [0.3, 0.4) is 0 Å². The summed E-state index contributed by atoms with van der Waals surface area (Å²) in [5, 5.41) is 1.75. The number of aromatic nitrogens is 1. The third kappa shape index (κ3) is 8.35. The van der Waals surface area contributed by atoms with E-state index in [0.717, 1.165) is 98.5 Å². The molecule has 2 aliphatic rings. The zero-order valence-corrected chi connectivity index (χ0v) is 33.9. The van der Waals surface area contributed by atoms with Gasteiger partial charge in [-0.25, -0.2) is 0 Å². The van der Waals surface area contributed by atoms with Gasteiger partial charge in [-0.05, 0) is 90.0 Å². The van der Waals surface area contributed by atoms with Crippen molar-refractivity contribution in [1.29, 1.82) is 0 Å². The van der Waals surface area contributed by atoms with Crippen LogP contribution in [0.4, 0.5) is 0 Å². The summed E-state index contributed by atoms with van der Waals surface area (Å²) in [7, 11) is 3.25. The van der Waals surface area contributed by atoms with E-state index in [0.29, 0.717) is 43.3 Å². The number of ether oxygens (including phenoxy) is 7. The number of esters is 1. The maximum Gasteiger partial charge on any atom is 0.310 e. The summed E-state index contributed by atoms with van der Waals surface area (Å²) in [6.45, 7) is 12.1. The Morgan fingerprint density at radius 2 is 1.59 bits per heavy atom. The summed E-state index contributed by atoms with van der Waals surface area (Å²) >= 11 is 0. The average molecular weight is 823 g/mol. The second-order valence-electron chi connectivity index (χ2n) is 13.6. The monoisotopic (exact) mass is 821 g/mol. The van der Waals surface area contributed by atoms with Crippen LogP contribution in [0.25, 0.3) is 33.2 Å². The summed E-state index contributed by atoms with van der Waals surface area (Å²) in [5.41, 5.74) is 8.19. The lowest BCUT2D eigenvalue weighted by molar-refractivity contribution is -0.686. The predicted octanol–water partition coefficient (Wildman–Crippen LogP) is 5.57. The van der Waals surface area contributed by atoms with E-state index in [2.05, 4.69) is 61.2 Å². The summed E-state index contributed by atoms with van der Waals surface area (Å²) in [6, 6.07) is 20.4. The van der Waals surface area contributed by atoms with E-state index in [1.807, 2.05) is 42.5 Å². The van der Waals surface area contributed by atoms with Gasteiger partial charge in [0.05, 0.1) is 51.4 Å². The number of rotatable bonds is 17. The minimum atomic E-state index is -0.326. The van der Waals surface area contributed by atoms with Crippen LogP contribution < -0.4 is 50.0 Å². The molecule has 2 aliphatic heterocycles. The van der Waals surface area contributed by atoms with Crippen LogP contribution in [0.5, 0.6) is 34.5 Å². The molecule has 3 heterocycles. The molecule has 1 aromatic heterocycles. The van der Waals surface area contributed by atoms with E-state index in [1.54, 1.807) is 14.2 Å². The molecule has 0 unspecified atom stereocenters. The van der Waals surface area contributed by atoms with Gasteiger partial charge < -0.3 is 50.1 Å². The molecule has 0 aliphatic carbocycles. The molecule has 56 heavy (non-hydrogen) atoms. The zero-order chi connectivity index (χ0) is 38.3. The lowest BCUT2D eigenvalue weighted by atomic mass is 9.90. The first-order chi connectivity index (χ1) is 27.0. The lowest BCUT2D eigenvalue weighted by Gasteiger charge is -2.20. The number of halogens is 1. The van der Waals surface area contributed by atoms with Crippen molar-refractivity contribution in [2.45, 2.75) is 52.0 Å². The van der Waals surface area contributed by atoms with Gasteiger partial charge >= 0.3 is 5.97 Å². The molecule has 0 saturated carbocycles. The Hall–Kier alpha value is -5.48. The van der Waals surface area contributed by atoms with Gasteiger partial charge in [-0.3, -0.25) is 4.79 Å². The molecule has 292 valence electrons. The van der Waals surface area contributed by atoms with Gasteiger partial charge in [0.1, 0.15) is 11.5 Å². The maximum absolute atomic E-state index is 13.7. The van der Waals surface area contributed by atoms with E-state index in [1.165, 1.54) is 0 Å². The van der Waals surface area contributed by atoms with Crippen molar-refractivity contribution in [2.75, 3.05) is 40.8 Å². The Bertz CT molecular complexity index is 2250. The Labute approximate surface area is 339 Å². The Morgan fingerprint density at radius 3 is 2.36 bits per heavy atom. The Balaban J connectivity index is 0.00000532.